The zero-order chi connectivity index (χ0) is 11.5. The second-order valence-electron chi connectivity index (χ2n) is 4.54. The molecule has 1 aromatic rings. The monoisotopic (exact) mass is 279 g/mol. The molecule has 0 saturated carbocycles. The number of hydrogen-bond donors (Lipinski definition) is 1. The molecule has 0 aromatic heterocycles. The Balaban J connectivity index is 2.02. The second kappa shape index (κ2) is 5.15. The lowest BCUT2D eigenvalue weighted by atomic mass is 10.0. The first-order chi connectivity index (χ1) is 7.66. The fourth-order valence-electron chi connectivity index (χ4n) is 2.14. The highest BCUT2D eigenvalue weighted by molar-refractivity contribution is 9.10. The van der Waals surface area contributed by atoms with E-state index < -0.39 is 0 Å². The summed E-state index contributed by atoms with van der Waals surface area (Å²) in [5.41, 5.74) is 2.67. The van der Waals surface area contributed by atoms with Gasteiger partial charge in [-0.25, -0.2) is 0 Å². The van der Waals surface area contributed by atoms with Crippen molar-refractivity contribution in [1.82, 2.24) is 5.32 Å². The van der Waals surface area contributed by atoms with Crippen LogP contribution >= 0.6 is 15.9 Å². The van der Waals surface area contributed by atoms with Crippen LogP contribution in [-0.2, 0) is 0 Å². The molecule has 0 aliphatic heterocycles. The molecule has 2 rings (SSSR count). The minimum absolute atomic E-state index is 0.428. The van der Waals surface area contributed by atoms with Gasteiger partial charge in [0.1, 0.15) is 0 Å². The third kappa shape index (κ3) is 2.74. The molecular formula is C14H18BrN. The van der Waals surface area contributed by atoms with Crippen LogP contribution in [0.15, 0.2) is 34.8 Å². The fraction of sp³-hybridized carbons (Fsp3) is 0.429. The first-order valence-corrected chi connectivity index (χ1v) is 6.63. The molecule has 1 atom stereocenters. The summed E-state index contributed by atoms with van der Waals surface area (Å²) in [7, 11) is 0. The maximum Gasteiger partial charge on any atom is 0.0294 e. The van der Waals surface area contributed by atoms with Gasteiger partial charge in [0.25, 0.3) is 0 Å². The molecule has 1 aliphatic rings. The average Bonchev–Trinajstić information content (AvgIpc) is 2.74. The molecule has 0 spiro atoms. The normalized spacial score (nSPS) is 17.9. The van der Waals surface area contributed by atoms with Gasteiger partial charge in [0.05, 0.1) is 0 Å². The van der Waals surface area contributed by atoms with Crippen LogP contribution in [0.2, 0.25) is 0 Å². The maximum absolute atomic E-state index is 3.66. The van der Waals surface area contributed by atoms with Crippen LogP contribution in [0, 0.1) is 6.92 Å². The molecule has 1 nitrogen and oxygen atoms in total. The minimum Gasteiger partial charge on any atom is -0.307 e. The molecule has 0 radical (unpaired) electrons. The molecule has 0 saturated heterocycles. The summed E-state index contributed by atoms with van der Waals surface area (Å²) in [5.74, 6) is 0. The number of halogens is 1. The van der Waals surface area contributed by atoms with Crippen molar-refractivity contribution in [2.75, 3.05) is 0 Å². The van der Waals surface area contributed by atoms with Crippen LogP contribution in [0.3, 0.4) is 0 Å². The fourth-order valence-corrected chi connectivity index (χ4v) is 2.39. The van der Waals surface area contributed by atoms with Crippen molar-refractivity contribution in [2.45, 2.75) is 38.8 Å². The number of hydrogen-bond acceptors (Lipinski definition) is 1. The standard InChI is InChI=1S/C14H18BrN/c1-10-9-12(7-8-14(10)15)11(2)16-13-5-3-4-6-13/h3-4,7-9,11,13,16H,5-6H2,1-2H3. The molecule has 1 aliphatic carbocycles. The first kappa shape index (κ1) is 11.9. The van der Waals surface area contributed by atoms with Crippen LogP contribution in [0.4, 0.5) is 0 Å². The Morgan fingerprint density at radius 1 is 1.31 bits per heavy atom. The smallest absolute Gasteiger partial charge is 0.0294 e. The zero-order valence-electron chi connectivity index (χ0n) is 9.83. The van der Waals surface area contributed by atoms with Gasteiger partial charge in [0.15, 0.2) is 0 Å². The van der Waals surface area contributed by atoms with E-state index in [1.54, 1.807) is 0 Å². The highest BCUT2D eigenvalue weighted by Gasteiger charge is 2.14. The summed E-state index contributed by atoms with van der Waals surface area (Å²) < 4.78 is 1.19. The van der Waals surface area contributed by atoms with Crippen molar-refractivity contribution >= 4 is 15.9 Å². The number of benzene rings is 1. The molecule has 1 N–H and O–H groups in total. The highest BCUT2D eigenvalue weighted by atomic mass is 79.9. The first-order valence-electron chi connectivity index (χ1n) is 5.84. The molecule has 1 unspecified atom stereocenters. The molecule has 16 heavy (non-hydrogen) atoms. The summed E-state index contributed by atoms with van der Waals surface area (Å²) in [4.78, 5) is 0. The quantitative estimate of drug-likeness (QED) is 0.821. The van der Waals surface area contributed by atoms with Gasteiger partial charge in [-0.3, -0.25) is 0 Å². The van der Waals surface area contributed by atoms with E-state index in [4.69, 9.17) is 0 Å². The van der Waals surface area contributed by atoms with Gasteiger partial charge in [-0.15, -0.1) is 0 Å². The molecule has 2 heteroatoms. The van der Waals surface area contributed by atoms with Gasteiger partial charge < -0.3 is 5.32 Å². The lowest BCUT2D eigenvalue weighted by Gasteiger charge is -2.20. The van der Waals surface area contributed by atoms with Gasteiger partial charge >= 0.3 is 0 Å². The predicted molar refractivity (Wildman–Crippen MR) is 72.6 cm³/mol. The van der Waals surface area contributed by atoms with Gasteiger partial charge in [-0.05, 0) is 43.9 Å². The van der Waals surface area contributed by atoms with Crippen molar-refractivity contribution in [3.8, 4) is 0 Å². The third-order valence-corrected chi connectivity index (χ3v) is 4.07. The molecule has 86 valence electrons. The molecule has 1 aromatic carbocycles. The molecular weight excluding hydrogens is 262 g/mol. The van der Waals surface area contributed by atoms with Crippen molar-refractivity contribution in [3.63, 3.8) is 0 Å². The second-order valence-corrected chi connectivity index (χ2v) is 5.39. The summed E-state index contributed by atoms with van der Waals surface area (Å²) >= 11 is 3.54. The highest BCUT2D eigenvalue weighted by Crippen LogP contribution is 2.22. The van der Waals surface area contributed by atoms with E-state index in [1.165, 1.54) is 28.4 Å². The lowest BCUT2D eigenvalue weighted by Crippen LogP contribution is -2.29. The lowest BCUT2D eigenvalue weighted by molar-refractivity contribution is 0.471. The molecule has 0 heterocycles. The van der Waals surface area contributed by atoms with E-state index in [9.17, 15) is 0 Å². The van der Waals surface area contributed by atoms with Crippen LogP contribution in [0.5, 0.6) is 0 Å². The van der Waals surface area contributed by atoms with E-state index in [2.05, 4.69) is 65.4 Å². The SMILES string of the molecule is Cc1cc(C(C)NC2CC=CC2)ccc1Br. The summed E-state index contributed by atoms with van der Waals surface area (Å²) in [5, 5.41) is 3.66. The van der Waals surface area contributed by atoms with Crippen molar-refractivity contribution in [2.24, 2.45) is 0 Å². The van der Waals surface area contributed by atoms with Crippen molar-refractivity contribution in [3.05, 3.63) is 46.0 Å². The van der Waals surface area contributed by atoms with Gasteiger partial charge in [0.2, 0.25) is 0 Å². The van der Waals surface area contributed by atoms with Crippen molar-refractivity contribution in [1.29, 1.82) is 0 Å². The predicted octanol–water partition coefficient (Wildman–Crippen LogP) is 4.13. The summed E-state index contributed by atoms with van der Waals surface area (Å²) in [6.45, 7) is 4.37. The van der Waals surface area contributed by atoms with Gasteiger partial charge in [0, 0.05) is 16.6 Å². The van der Waals surface area contributed by atoms with E-state index >= 15 is 0 Å². The Hall–Kier alpha value is -0.600. The Morgan fingerprint density at radius 3 is 2.62 bits per heavy atom. The summed E-state index contributed by atoms with van der Waals surface area (Å²) in [6, 6.07) is 7.63. The van der Waals surface area contributed by atoms with E-state index in [-0.39, 0.29) is 0 Å². The number of aryl methyl sites for hydroxylation is 1. The van der Waals surface area contributed by atoms with Crippen LogP contribution in [-0.4, -0.2) is 6.04 Å². The maximum atomic E-state index is 3.66. The van der Waals surface area contributed by atoms with Crippen molar-refractivity contribution < 1.29 is 0 Å². The minimum atomic E-state index is 0.428. The topological polar surface area (TPSA) is 12.0 Å². The van der Waals surface area contributed by atoms with E-state index in [0.29, 0.717) is 12.1 Å². The Bertz CT molecular complexity index is 390. The Morgan fingerprint density at radius 2 is 2.00 bits per heavy atom. The average molecular weight is 280 g/mol. The van der Waals surface area contributed by atoms with Gasteiger partial charge in [-0.1, -0.05) is 40.2 Å². The van der Waals surface area contributed by atoms with Crippen LogP contribution < -0.4 is 5.32 Å². The molecule has 0 bridgehead atoms. The van der Waals surface area contributed by atoms with Crippen LogP contribution in [0.25, 0.3) is 0 Å². The number of rotatable bonds is 3. The zero-order valence-corrected chi connectivity index (χ0v) is 11.4. The Kier molecular flexibility index (Phi) is 3.82. The molecule has 0 fully saturated rings. The third-order valence-electron chi connectivity index (χ3n) is 3.18. The van der Waals surface area contributed by atoms with E-state index in [0.717, 1.165) is 0 Å². The largest absolute Gasteiger partial charge is 0.307 e. The number of nitrogens with one attached hydrogen (secondary N) is 1. The molecule has 0 amide bonds. The van der Waals surface area contributed by atoms with Crippen LogP contribution in [0.1, 0.15) is 36.9 Å². The van der Waals surface area contributed by atoms with Gasteiger partial charge in [-0.2, -0.15) is 0 Å². The summed E-state index contributed by atoms with van der Waals surface area (Å²) in [6.07, 6.45) is 6.86. The van der Waals surface area contributed by atoms with E-state index in [1.807, 2.05) is 0 Å². The Labute approximate surface area is 106 Å².